The van der Waals surface area contributed by atoms with Crippen LogP contribution in [0.4, 0.5) is 11.4 Å². The quantitative estimate of drug-likeness (QED) is 0.660. The predicted molar refractivity (Wildman–Crippen MR) is 69.1 cm³/mol. The minimum atomic E-state index is -0.383. The van der Waals surface area contributed by atoms with Crippen molar-refractivity contribution in [2.24, 2.45) is 0 Å². The smallest absolute Gasteiger partial charge is 0.292 e. The number of rotatable bonds is 3. The lowest BCUT2D eigenvalue weighted by molar-refractivity contribution is -0.384. The second-order valence-corrected chi connectivity index (χ2v) is 5.10. The van der Waals surface area contributed by atoms with E-state index < -0.39 is 0 Å². The third-order valence-electron chi connectivity index (χ3n) is 3.80. The van der Waals surface area contributed by atoms with E-state index in [0.29, 0.717) is 24.3 Å². The highest BCUT2D eigenvalue weighted by Crippen LogP contribution is 2.35. The number of aliphatic hydroxyl groups excluding tert-OH is 1. The summed E-state index contributed by atoms with van der Waals surface area (Å²) in [6.07, 6.45) is 2.44. The molecule has 1 aromatic carbocycles. The van der Waals surface area contributed by atoms with E-state index in [0.717, 1.165) is 12.8 Å². The Morgan fingerprint density at radius 2 is 2.05 bits per heavy atom. The average molecular weight is 264 g/mol. The van der Waals surface area contributed by atoms with Gasteiger partial charge in [0.25, 0.3) is 5.69 Å². The molecule has 2 unspecified atom stereocenters. The molecule has 1 aromatic rings. The molecule has 0 amide bonds. The Balaban J connectivity index is 1.93. The van der Waals surface area contributed by atoms with Gasteiger partial charge in [-0.1, -0.05) is 6.07 Å². The Hall–Kier alpha value is -1.66. The zero-order valence-electron chi connectivity index (χ0n) is 10.5. The van der Waals surface area contributed by atoms with Crippen molar-refractivity contribution in [3.05, 3.63) is 33.9 Å². The van der Waals surface area contributed by atoms with Gasteiger partial charge in [0, 0.05) is 19.2 Å². The number of ether oxygens (including phenoxy) is 1. The van der Waals surface area contributed by atoms with E-state index >= 15 is 0 Å². The highest BCUT2D eigenvalue weighted by molar-refractivity contribution is 5.64. The van der Waals surface area contributed by atoms with Gasteiger partial charge in [0.15, 0.2) is 0 Å². The number of nitro groups is 1. The first-order chi connectivity index (χ1) is 9.17. The molecule has 2 saturated heterocycles. The van der Waals surface area contributed by atoms with Gasteiger partial charge in [0.05, 0.1) is 23.7 Å². The molecular weight excluding hydrogens is 248 g/mol. The summed E-state index contributed by atoms with van der Waals surface area (Å²) in [6.45, 7) is 1.22. The topological polar surface area (TPSA) is 75.8 Å². The van der Waals surface area contributed by atoms with E-state index in [4.69, 9.17) is 9.84 Å². The largest absolute Gasteiger partial charge is 0.392 e. The zero-order chi connectivity index (χ0) is 13.4. The van der Waals surface area contributed by atoms with E-state index in [1.54, 1.807) is 12.1 Å². The average Bonchev–Trinajstić information content (AvgIpc) is 2.76. The summed E-state index contributed by atoms with van der Waals surface area (Å²) in [6, 6.07) is 4.92. The summed E-state index contributed by atoms with van der Waals surface area (Å²) in [5.41, 5.74) is 1.25. The van der Waals surface area contributed by atoms with Crippen LogP contribution < -0.4 is 4.90 Å². The molecule has 6 heteroatoms. The van der Waals surface area contributed by atoms with Crippen LogP contribution in [0.1, 0.15) is 18.4 Å². The van der Waals surface area contributed by atoms with Gasteiger partial charge in [-0.3, -0.25) is 10.1 Å². The Morgan fingerprint density at radius 3 is 2.63 bits per heavy atom. The van der Waals surface area contributed by atoms with Crippen LogP contribution in [0.3, 0.4) is 0 Å². The highest BCUT2D eigenvalue weighted by Gasteiger charge is 2.35. The second kappa shape index (κ2) is 4.79. The van der Waals surface area contributed by atoms with Gasteiger partial charge in [0.1, 0.15) is 5.69 Å². The minimum Gasteiger partial charge on any atom is -0.392 e. The van der Waals surface area contributed by atoms with Crippen LogP contribution >= 0.6 is 0 Å². The lowest BCUT2D eigenvalue weighted by Crippen LogP contribution is -2.42. The number of benzene rings is 1. The van der Waals surface area contributed by atoms with Crippen molar-refractivity contribution in [3.63, 3.8) is 0 Å². The maximum absolute atomic E-state index is 11.2. The Kier molecular flexibility index (Phi) is 3.12. The molecule has 0 radical (unpaired) electrons. The first-order valence-electron chi connectivity index (χ1n) is 6.46. The second-order valence-electron chi connectivity index (χ2n) is 5.10. The van der Waals surface area contributed by atoms with Crippen LogP contribution in [0, 0.1) is 10.1 Å². The van der Waals surface area contributed by atoms with Gasteiger partial charge in [-0.15, -0.1) is 0 Å². The molecule has 3 rings (SSSR count). The van der Waals surface area contributed by atoms with Crippen molar-refractivity contribution in [3.8, 4) is 0 Å². The van der Waals surface area contributed by atoms with Crippen LogP contribution in [0.2, 0.25) is 0 Å². The molecule has 0 saturated carbocycles. The van der Waals surface area contributed by atoms with Crippen molar-refractivity contribution < 1.29 is 14.8 Å². The summed E-state index contributed by atoms with van der Waals surface area (Å²) in [5.74, 6) is 0. The third kappa shape index (κ3) is 2.29. The molecule has 2 atom stereocenters. The summed E-state index contributed by atoms with van der Waals surface area (Å²) in [7, 11) is 0. The monoisotopic (exact) mass is 264 g/mol. The lowest BCUT2D eigenvalue weighted by atomic mass is 10.1. The number of aliphatic hydroxyl groups is 1. The maximum atomic E-state index is 11.2. The maximum Gasteiger partial charge on any atom is 0.292 e. The molecule has 6 nitrogen and oxygen atoms in total. The van der Waals surface area contributed by atoms with Crippen molar-refractivity contribution in [2.45, 2.75) is 31.7 Å². The van der Waals surface area contributed by atoms with Gasteiger partial charge in [-0.05, 0) is 24.5 Å². The van der Waals surface area contributed by atoms with Gasteiger partial charge in [0.2, 0.25) is 0 Å². The molecule has 0 spiro atoms. The van der Waals surface area contributed by atoms with Crippen LogP contribution in [-0.2, 0) is 11.3 Å². The molecule has 0 aromatic heterocycles. The number of hydrogen-bond donors (Lipinski definition) is 1. The highest BCUT2D eigenvalue weighted by atomic mass is 16.6. The fraction of sp³-hybridized carbons (Fsp3) is 0.538. The molecule has 2 aliphatic rings. The zero-order valence-corrected chi connectivity index (χ0v) is 10.5. The van der Waals surface area contributed by atoms with Crippen molar-refractivity contribution in [1.29, 1.82) is 0 Å². The van der Waals surface area contributed by atoms with E-state index in [2.05, 4.69) is 0 Å². The van der Waals surface area contributed by atoms with Crippen molar-refractivity contribution in [1.82, 2.24) is 0 Å². The standard InChI is InChI=1S/C13H16N2O4/c16-8-9-1-4-12(13(5-9)15(17)18)14-6-10-2-3-11(7-14)19-10/h1,4-5,10-11,16H,2-3,6-8H2. The van der Waals surface area contributed by atoms with Crippen LogP contribution in [0.15, 0.2) is 18.2 Å². The Morgan fingerprint density at radius 1 is 1.37 bits per heavy atom. The summed E-state index contributed by atoms with van der Waals surface area (Å²) in [5, 5.41) is 20.3. The fourth-order valence-corrected chi connectivity index (χ4v) is 2.89. The Bertz CT molecular complexity index is 493. The first kappa shape index (κ1) is 12.4. The van der Waals surface area contributed by atoms with Crippen molar-refractivity contribution in [2.75, 3.05) is 18.0 Å². The van der Waals surface area contributed by atoms with Gasteiger partial charge in [-0.2, -0.15) is 0 Å². The molecule has 2 aliphatic heterocycles. The SMILES string of the molecule is O=[N+]([O-])c1cc(CO)ccc1N1CC2CCC(C1)O2. The van der Waals surface area contributed by atoms with E-state index in [1.165, 1.54) is 6.07 Å². The van der Waals surface area contributed by atoms with Gasteiger partial charge in [-0.25, -0.2) is 0 Å². The number of morpholine rings is 1. The number of hydrogen-bond acceptors (Lipinski definition) is 5. The first-order valence-corrected chi connectivity index (χ1v) is 6.46. The fourth-order valence-electron chi connectivity index (χ4n) is 2.89. The van der Waals surface area contributed by atoms with E-state index in [-0.39, 0.29) is 29.4 Å². The van der Waals surface area contributed by atoms with Crippen LogP contribution in [0.25, 0.3) is 0 Å². The van der Waals surface area contributed by atoms with Crippen molar-refractivity contribution >= 4 is 11.4 Å². The van der Waals surface area contributed by atoms with E-state index in [9.17, 15) is 10.1 Å². The molecule has 19 heavy (non-hydrogen) atoms. The van der Waals surface area contributed by atoms with Crippen LogP contribution in [-0.4, -0.2) is 35.3 Å². The molecule has 2 bridgehead atoms. The normalized spacial score (nSPS) is 25.6. The molecule has 2 fully saturated rings. The number of nitro benzene ring substituents is 1. The molecule has 102 valence electrons. The van der Waals surface area contributed by atoms with Gasteiger partial charge < -0.3 is 14.7 Å². The van der Waals surface area contributed by atoms with Crippen LogP contribution in [0.5, 0.6) is 0 Å². The summed E-state index contributed by atoms with van der Waals surface area (Å²) >= 11 is 0. The molecule has 0 aliphatic carbocycles. The Labute approximate surface area is 110 Å². The van der Waals surface area contributed by atoms with E-state index in [1.807, 2.05) is 4.90 Å². The predicted octanol–water partition coefficient (Wildman–Crippen LogP) is 1.45. The molecular formula is C13H16N2O4. The molecule has 2 heterocycles. The summed E-state index contributed by atoms with van der Waals surface area (Å²) in [4.78, 5) is 12.8. The van der Waals surface area contributed by atoms with Gasteiger partial charge >= 0.3 is 0 Å². The minimum absolute atomic E-state index is 0.0628. The summed E-state index contributed by atoms with van der Waals surface area (Å²) < 4.78 is 5.74. The number of fused-ring (bicyclic) bond motifs is 2. The molecule has 1 N–H and O–H groups in total. The number of nitrogens with zero attached hydrogens (tertiary/aromatic N) is 2. The lowest BCUT2D eigenvalue weighted by Gasteiger charge is -2.33. The number of anilines is 1. The third-order valence-corrected chi connectivity index (χ3v) is 3.80.